The Morgan fingerprint density at radius 2 is 1.95 bits per heavy atom. The van der Waals surface area contributed by atoms with Crippen molar-refractivity contribution in [1.29, 1.82) is 0 Å². The second-order valence-electron chi connectivity index (χ2n) is 4.79. The summed E-state index contributed by atoms with van der Waals surface area (Å²) in [6.45, 7) is 2.17. The van der Waals surface area contributed by atoms with Crippen LogP contribution in [0.1, 0.15) is 17.3 Å². The lowest BCUT2D eigenvalue weighted by atomic mass is 10.1. The molecule has 4 heteroatoms. The smallest absolute Gasteiger partial charge is 0.338 e. The quantitative estimate of drug-likeness (QED) is 0.690. The lowest BCUT2D eigenvalue weighted by Crippen LogP contribution is -2.04. The van der Waals surface area contributed by atoms with Crippen molar-refractivity contribution in [2.24, 2.45) is 7.05 Å². The van der Waals surface area contributed by atoms with Gasteiger partial charge in [-0.2, -0.15) is 5.10 Å². The number of rotatable bonds is 3. The van der Waals surface area contributed by atoms with Gasteiger partial charge in [0, 0.05) is 18.0 Å². The molecule has 0 N–H and O–H groups in total. The molecule has 0 saturated heterocycles. The molecule has 0 unspecified atom stereocenters. The van der Waals surface area contributed by atoms with Crippen molar-refractivity contribution in [3.8, 4) is 11.3 Å². The molecule has 0 bridgehead atoms. The van der Waals surface area contributed by atoms with Crippen LogP contribution >= 0.6 is 0 Å². The standard InChI is InChI=1S/C17H16N2O2/c1-3-21-17(20)13-9-10-15-14(11-13)16(18-19(15)2)12-7-5-4-6-8-12/h4-11H,3H2,1-2H3. The van der Waals surface area contributed by atoms with Crippen LogP contribution in [0.5, 0.6) is 0 Å². The molecule has 1 heterocycles. The maximum Gasteiger partial charge on any atom is 0.338 e. The molecule has 0 aliphatic heterocycles. The number of fused-ring (bicyclic) bond motifs is 1. The van der Waals surface area contributed by atoms with E-state index >= 15 is 0 Å². The van der Waals surface area contributed by atoms with E-state index in [0.29, 0.717) is 12.2 Å². The highest BCUT2D eigenvalue weighted by atomic mass is 16.5. The topological polar surface area (TPSA) is 44.1 Å². The van der Waals surface area contributed by atoms with Crippen LogP contribution in [0.3, 0.4) is 0 Å². The molecular formula is C17H16N2O2. The van der Waals surface area contributed by atoms with Crippen LogP contribution in [-0.4, -0.2) is 22.4 Å². The van der Waals surface area contributed by atoms with Gasteiger partial charge in [-0.25, -0.2) is 4.79 Å². The Morgan fingerprint density at radius 3 is 2.67 bits per heavy atom. The summed E-state index contributed by atoms with van der Waals surface area (Å²) in [6, 6.07) is 15.5. The number of carbonyl (C=O) groups excluding carboxylic acids is 1. The summed E-state index contributed by atoms with van der Waals surface area (Å²) in [7, 11) is 1.90. The molecule has 0 fully saturated rings. The first-order valence-electron chi connectivity index (χ1n) is 6.90. The largest absolute Gasteiger partial charge is 0.462 e. The Kier molecular flexibility index (Phi) is 3.44. The van der Waals surface area contributed by atoms with Gasteiger partial charge in [0.1, 0.15) is 5.69 Å². The molecule has 0 atom stereocenters. The zero-order valence-corrected chi connectivity index (χ0v) is 12.0. The monoisotopic (exact) mass is 280 g/mol. The second-order valence-corrected chi connectivity index (χ2v) is 4.79. The number of nitrogens with zero attached hydrogens (tertiary/aromatic N) is 2. The number of carbonyl (C=O) groups is 1. The Morgan fingerprint density at radius 1 is 1.19 bits per heavy atom. The molecule has 0 saturated carbocycles. The van der Waals surface area contributed by atoms with E-state index in [2.05, 4.69) is 5.10 Å². The fraction of sp³-hybridized carbons (Fsp3) is 0.176. The van der Waals surface area contributed by atoms with E-state index in [1.54, 1.807) is 13.0 Å². The van der Waals surface area contributed by atoms with Gasteiger partial charge in [0.05, 0.1) is 17.7 Å². The minimum Gasteiger partial charge on any atom is -0.462 e. The summed E-state index contributed by atoms with van der Waals surface area (Å²) in [5, 5.41) is 5.52. The Labute approximate surface area is 123 Å². The van der Waals surface area contributed by atoms with E-state index in [9.17, 15) is 4.79 Å². The van der Waals surface area contributed by atoms with Gasteiger partial charge in [-0.05, 0) is 25.1 Å². The minimum atomic E-state index is -0.303. The van der Waals surface area contributed by atoms with Crippen molar-refractivity contribution < 1.29 is 9.53 Å². The Balaban J connectivity index is 2.17. The molecule has 0 spiro atoms. The van der Waals surface area contributed by atoms with Gasteiger partial charge in [0.25, 0.3) is 0 Å². The van der Waals surface area contributed by atoms with Crippen LogP contribution in [0.4, 0.5) is 0 Å². The normalized spacial score (nSPS) is 10.8. The molecule has 4 nitrogen and oxygen atoms in total. The molecule has 3 rings (SSSR count). The minimum absolute atomic E-state index is 0.303. The van der Waals surface area contributed by atoms with E-state index in [0.717, 1.165) is 22.2 Å². The van der Waals surface area contributed by atoms with Gasteiger partial charge in [0.15, 0.2) is 0 Å². The van der Waals surface area contributed by atoms with Crippen molar-refractivity contribution >= 4 is 16.9 Å². The second kappa shape index (κ2) is 5.40. The van der Waals surface area contributed by atoms with E-state index in [1.165, 1.54) is 0 Å². The molecule has 106 valence electrons. The SMILES string of the molecule is CCOC(=O)c1ccc2c(c1)c(-c1ccccc1)nn2C. The van der Waals surface area contributed by atoms with E-state index < -0.39 is 0 Å². The van der Waals surface area contributed by atoms with Gasteiger partial charge in [0.2, 0.25) is 0 Å². The molecule has 0 radical (unpaired) electrons. The average molecular weight is 280 g/mol. The fourth-order valence-corrected chi connectivity index (χ4v) is 2.42. The fourth-order valence-electron chi connectivity index (χ4n) is 2.42. The van der Waals surface area contributed by atoms with Crippen LogP contribution < -0.4 is 0 Å². The van der Waals surface area contributed by atoms with Crippen molar-refractivity contribution in [3.05, 3.63) is 54.1 Å². The number of aryl methyl sites for hydroxylation is 1. The number of esters is 1. The molecule has 2 aromatic carbocycles. The van der Waals surface area contributed by atoms with Crippen molar-refractivity contribution in [2.75, 3.05) is 6.61 Å². The van der Waals surface area contributed by atoms with Gasteiger partial charge in [-0.1, -0.05) is 30.3 Å². The molecule has 0 aliphatic rings. The van der Waals surface area contributed by atoms with Gasteiger partial charge in [-0.15, -0.1) is 0 Å². The highest BCUT2D eigenvalue weighted by Gasteiger charge is 2.14. The van der Waals surface area contributed by atoms with Crippen LogP contribution in [-0.2, 0) is 11.8 Å². The van der Waals surface area contributed by atoms with Crippen LogP contribution in [0.15, 0.2) is 48.5 Å². The first kappa shape index (κ1) is 13.4. The molecule has 1 aromatic heterocycles. The van der Waals surface area contributed by atoms with E-state index in [-0.39, 0.29) is 5.97 Å². The van der Waals surface area contributed by atoms with Gasteiger partial charge < -0.3 is 4.74 Å². The highest BCUT2D eigenvalue weighted by molar-refractivity contribution is 5.99. The Bertz CT molecular complexity index is 791. The van der Waals surface area contributed by atoms with Crippen LogP contribution in [0, 0.1) is 0 Å². The summed E-state index contributed by atoms with van der Waals surface area (Å²) < 4.78 is 6.89. The molecule has 3 aromatic rings. The molecule has 21 heavy (non-hydrogen) atoms. The van der Waals surface area contributed by atoms with Crippen molar-refractivity contribution in [3.63, 3.8) is 0 Å². The number of ether oxygens (including phenoxy) is 1. The van der Waals surface area contributed by atoms with Gasteiger partial charge >= 0.3 is 5.97 Å². The van der Waals surface area contributed by atoms with Crippen LogP contribution in [0.25, 0.3) is 22.2 Å². The third kappa shape index (κ3) is 2.40. The highest BCUT2D eigenvalue weighted by Crippen LogP contribution is 2.28. The number of hydrogen-bond acceptors (Lipinski definition) is 3. The van der Waals surface area contributed by atoms with Crippen LogP contribution in [0.2, 0.25) is 0 Å². The van der Waals surface area contributed by atoms with E-state index in [1.807, 2.05) is 54.2 Å². The van der Waals surface area contributed by atoms with Gasteiger partial charge in [-0.3, -0.25) is 4.68 Å². The zero-order chi connectivity index (χ0) is 14.8. The first-order valence-corrected chi connectivity index (χ1v) is 6.90. The summed E-state index contributed by atoms with van der Waals surface area (Å²) in [5.74, 6) is -0.303. The average Bonchev–Trinajstić information content (AvgIpc) is 2.85. The summed E-state index contributed by atoms with van der Waals surface area (Å²) in [4.78, 5) is 11.9. The molecular weight excluding hydrogens is 264 g/mol. The predicted octanol–water partition coefficient (Wildman–Crippen LogP) is 3.42. The number of hydrogen-bond donors (Lipinski definition) is 0. The van der Waals surface area contributed by atoms with Crippen molar-refractivity contribution in [1.82, 2.24) is 9.78 Å². The third-order valence-corrected chi connectivity index (χ3v) is 3.41. The van der Waals surface area contributed by atoms with E-state index in [4.69, 9.17) is 4.74 Å². The third-order valence-electron chi connectivity index (χ3n) is 3.41. The maximum absolute atomic E-state index is 11.9. The zero-order valence-electron chi connectivity index (χ0n) is 12.0. The van der Waals surface area contributed by atoms with Crippen molar-refractivity contribution in [2.45, 2.75) is 6.92 Å². The summed E-state index contributed by atoms with van der Waals surface area (Å²) in [5.41, 5.74) is 3.44. The molecule has 0 aliphatic carbocycles. The lowest BCUT2D eigenvalue weighted by molar-refractivity contribution is 0.0526. The Hall–Kier alpha value is -2.62. The summed E-state index contributed by atoms with van der Waals surface area (Å²) >= 11 is 0. The lowest BCUT2D eigenvalue weighted by Gasteiger charge is -2.02. The number of benzene rings is 2. The maximum atomic E-state index is 11.9. The number of aromatic nitrogens is 2. The predicted molar refractivity (Wildman–Crippen MR) is 82.1 cm³/mol. The summed E-state index contributed by atoms with van der Waals surface area (Å²) in [6.07, 6.45) is 0. The molecule has 0 amide bonds. The first-order chi connectivity index (χ1) is 10.2.